The number of rotatable bonds is 7. The number of hydrogen-bond acceptors (Lipinski definition) is 1. The maximum absolute atomic E-state index is 14.5. The summed E-state index contributed by atoms with van der Waals surface area (Å²) >= 11 is 0. The van der Waals surface area contributed by atoms with E-state index in [4.69, 9.17) is 0 Å². The predicted molar refractivity (Wildman–Crippen MR) is 110 cm³/mol. The molecule has 0 radical (unpaired) electrons. The molecular formula is C25H25FO. The van der Waals surface area contributed by atoms with E-state index in [0.717, 1.165) is 28.7 Å². The van der Waals surface area contributed by atoms with E-state index in [1.54, 1.807) is 6.92 Å². The maximum Gasteiger partial charge on any atom is 0.102 e. The molecule has 27 heavy (non-hydrogen) atoms. The van der Waals surface area contributed by atoms with E-state index < -0.39 is 12.0 Å². The Labute approximate surface area is 160 Å². The monoisotopic (exact) mass is 360 g/mol. The number of aliphatic hydroxyl groups is 1. The minimum atomic E-state index is -0.866. The molecule has 0 saturated carbocycles. The van der Waals surface area contributed by atoms with Crippen molar-refractivity contribution >= 4 is 0 Å². The van der Waals surface area contributed by atoms with Gasteiger partial charge < -0.3 is 5.11 Å². The molecule has 3 aromatic carbocycles. The van der Waals surface area contributed by atoms with Gasteiger partial charge in [0.05, 0.1) is 6.10 Å². The van der Waals surface area contributed by atoms with Crippen LogP contribution in [0.3, 0.4) is 0 Å². The normalized spacial score (nSPS) is 14.0. The predicted octanol–water partition coefficient (Wildman–Crippen LogP) is 6.51. The second-order valence-electron chi connectivity index (χ2n) is 6.74. The molecule has 1 nitrogen and oxygen atoms in total. The van der Waals surface area contributed by atoms with Gasteiger partial charge in [-0.25, -0.2) is 4.39 Å². The standard InChI is InChI=1S/C25H25FO/c1-2-24(26)23(18-13-19-9-5-3-6-10-19)25(27)22-16-14-21(15-17-22)20-11-7-4-8-12-20/h2-12,14-17,23,25,27H,13,18H2,1H3/b24-2-/t23-,25+/m1/s1. The third kappa shape index (κ3) is 4.93. The average molecular weight is 360 g/mol. The Morgan fingerprint density at radius 1 is 0.852 bits per heavy atom. The summed E-state index contributed by atoms with van der Waals surface area (Å²) in [6.07, 6.45) is 1.88. The summed E-state index contributed by atoms with van der Waals surface area (Å²) in [5, 5.41) is 10.8. The molecule has 0 heterocycles. The molecule has 3 aromatic rings. The molecule has 3 rings (SSSR count). The number of halogens is 1. The maximum atomic E-state index is 14.5. The summed E-state index contributed by atoms with van der Waals surface area (Å²) in [6, 6.07) is 27.8. The van der Waals surface area contributed by atoms with Gasteiger partial charge in [0, 0.05) is 5.92 Å². The highest BCUT2D eigenvalue weighted by atomic mass is 19.1. The third-order valence-electron chi connectivity index (χ3n) is 4.96. The fraction of sp³-hybridized carbons (Fsp3) is 0.200. The Morgan fingerprint density at radius 3 is 2.00 bits per heavy atom. The van der Waals surface area contributed by atoms with Crippen molar-refractivity contribution in [2.24, 2.45) is 5.92 Å². The topological polar surface area (TPSA) is 20.2 Å². The van der Waals surface area contributed by atoms with Crippen LogP contribution in [0.25, 0.3) is 11.1 Å². The van der Waals surface area contributed by atoms with Crippen LogP contribution >= 0.6 is 0 Å². The van der Waals surface area contributed by atoms with Gasteiger partial charge in [-0.2, -0.15) is 0 Å². The van der Waals surface area contributed by atoms with E-state index in [-0.39, 0.29) is 5.83 Å². The summed E-state index contributed by atoms with van der Waals surface area (Å²) in [5.74, 6) is -0.802. The first-order chi connectivity index (χ1) is 13.2. The van der Waals surface area contributed by atoms with Crippen molar-refractivity contribution in [3.8, 4) is 11.1 Å². The van der Waals surface area contributed by atoms with Crippen molar-refractivity contribution in [3.63, 3.8) is 0 Å². The van der Waals surface area contributed by atoms with E-state index in [2.05, 4.69) is 0 Å². The van der Waals surface area contributed by atoms with E-state index in [9.17, 15) is 9.50 Å². The molecule has 1 N–H and O–H groups in total. The van der Waals surface area contributed by atoms with Crippen LogP contribution in [0.15, 0.2) is 96.8 Å². The zero-order chi connectivity index (χ0) is 19.1. The molecule has 0 saturated heterocycles. The summed E-state index contributed by atoms with van der Waals surface area (Å²) < 4.78 is 14.5. The zero-order valence-electron chi connectivity index (χ0n) is 15.6. The molecule has 0 aromatic heterocycles. The first-order valence-electron chi connectivity index (χ1n) is 9.38. The number of benzene rings is 3. The zero-order valence-corrected chi connectivity index (χ0v) is 15.6. The lowest BCUT2D eigenvalue weighted by molar-refractivity contribution is 0.109. The van der Waals surface area contributed by atoms with Crippen LogP contribution in [0.5, 0.6) is 0 Å². The van der Waals surface area contributed by atoms with Crippen LogP contribution in [-0.4, -0.2) is 5.11 Å². The molecule has 0 aliphatic heterocycles. The van der Waals surface area contributed by atoms with Crippen LogP contribution < -0.4 is 0 Å². The smallest absolute Gasteiger partial charge is 0.102 e. The minimum absolute atomic E-state index is 0.259. The Hall–Kier alpha value is -2.71. The Morgan fingerprint density at radius 2 is 1.41 bits per heavy atom. The Balaban J connectivity index is 1.76. The fourth-order valence-corrected chi connectivity index (χ4v) is 3.36. The van der Waals surface area contributed by atoms with Crippen molar-refractivity contribution in [1.29, 1.82) is 0 Å². The summed E-state index contributed by atoms with van der Waals surface area (Å²) in [6.45, 7) is 1.68. The SMILES string of the molecule is C/C=C(\F)[C@@H](CCc1ccccc1)[C@@H](O)c1ccc(-c2ccccc2)cc1. The van der Waals surface area contributed by atoms with Crippen molar-refractivity contribution in [3.05, 3.63) is 108 Å². The van der Waals surface area contributed by atoms with Gasteiger partial charge >= 0.3 is 0 Å². The van der Waals surface area contributed by atoms with Gasteiger partial charge in [-0.05, 0) is 42.0 Å². The van der Waals surface area contributed by atoms with Gasteiger partial charge in [0.25, 0.3) is 0 Å². The first kappa shape index (κ1) is 19.1. The highest BCUT2D eigenvalue weighted by molar-refractivity contribution is 5.63. The van der Waals surface area contributed by atoms with Crippen LogP contribution in [0, 0.1) is 5.92 Å². The largest absolute Gasteiger partial charge is 0.388 e. The third-order valence-corrected chi connectivity index (χ3v) is 4.96. The lowest BCUT2D eigenvalue weighted by Crippen LogP contribution is -2.15. The second kappa shape index (κ2) is 9.29. The van der Waals surface area contributed by atoms with E-state index >= 15 is 0 Å². The molecule has 2 atom stereocenters. The van der Waals surface area contributed by atoms with Crippen LogP contribution in [0.2, 0.25) is 0 Å². The molecule has 0 aliphatic carbocycles. The van der Waals surface area contributed by atoms with Gasteiger partial charge in [-0.1, -0.05) is 91.0 Å². The highest BCUT2D eigenvalue weighted by Gasteiger charge is 2.24. The minimum Gasteiger partial charge on any atom is -0.388 e. The quantitative estimate of drug-likeness (QED) is 0.509. The lowest BCUT2D eigenvalue weighted by atomic mass is 9.88. The van der Waals surface area contributed by atoms with Crippen molar-refractivity contribution in [1.82, 2.24) is 0 Å². The van der Waals surface area contributed by atoms with E-state index in [1.807, 2.05) is 84.9 Å². The number of hydrogen-bond donors (Lipinski definition) is 1. The van der Waals surface area contributed by atoms with Gasteiger partial charge in [0.2, 0.25) is 0 Å². The summed E-state index contributed by atoms with van der Waals surface area (Å²) in [4.78, 5) is 0. The van der Waals surface area contributed by atoms with Crippen molar-refractivity contribution in [2.75, 3.05) is 0 Å². The van der Waals surface area contributed by atoms with Crippen LogP contribution in [0.4, 0.5) is 4.39 Å². The second-order valence-corrected chi connectivity index (χ2v) is 6.74. The molecule has 0 spiro atoms. The van der Waals surface area contributed by atoms with Crippen LogP contribution in [-0.2, 0) is 6.42 Å². The highest BCUT2D eigenvalue weighted by Crippen LogP contribution is 2.33. The molecule has 0 aliphatic rings. The summed E-state index contributed by atoms with van der Waals surface area (Å²) in [7, 11) is 0. The number of aryl methyl sites for hydroxylation is 1. The van der Waals surface area contributed by atoms with Crippen molar-refractivity contribution < 1.29 is 9.50 Å². The Bertz CT molecular complexity index is 854. The molecule has 2 heteroatoms. The van der Waals surface area contributed by atoms with Gasteiger partial charge in [-0.3, -0.25) is 0 Å². The molecule has 0 unspecified atom stereocenters. The molecular weight excluding hydrogens is 335 g/mol. The van der Waals surface area contributed by atoms with Gasteiger partial charge in [0.1, 0.15) is 5.83 Å². The number of allylic oxidation sites excluding steroid dienone is 1. The number of aliphatic hydroxyl groups excluding tert-OH is 1. The van der Waals surface area contributed by atoms with E-state index in [0.29, 0.717) is 6.42 Å². The van der Waals surface area contributed by atoms with Crippen molar-refractivity contribution in [2.45, 2.75) is 25.9 Å². The lowest BCUT2D eigenvalue weighted by Gasteiger charge is -2.22. The average Bonchev–Trinajstić information content (AvgIpc) is 2.75. The fourth-order valence-electron chi connectivity index (χ4n) is 3.36. The van der Waals surface area contributed by atoms with Gasteiger partial charge in [0.15, 0.2) is 0 Å². The van der Waals surface area contributed by atoms with E-state index in [1.165, 1.54) is 6.08 Å². The molecule has 138 valence electrons. The van der Waals surface area contributed by atoms with Gasteiger partial charge in [-0.15, -0.1) is 0 Å². The molecule has 0 bridgehead atoms. The van der Waals surface area contributed by atoms with Crippen LogP contribution in [0.1, 0.15) is 30.6 Å². The first-order valence-corrected chi connectivity index (χ1v) is 9.38. The molecule has 0 amide bonds. The summed E-state index contributed by atoms with van der Waals surface area (Å²) in [5.41, 5.74) is 4.10. The molecule has 0 fully saturated rings. The Kier molecular flexibility index (Phi) is 6.56.